The molecule has 1 amide bonds. The average molecular weight is 481 g/mol. The molecule has 0 aliphatic carbocycles. The third-order valence-corrected chi connectivity index (χ3v) is 6.17. The fourth-order valence-corrected chi connectivity index (χ4v) is 4.38. The van der Waals surface area contributed by atoms with Crippen LogP contribution in [-0.4, -0.2) is 57.0 Å². The predicted octanol–water partition coefficient (Wildman–Crippen LogP) is 4.57. The summed E-state index contributed by atoms with van der Waals surface area (Å²) in [6, 6.07) is 10.5. The lowest BCUT2D eigenvalue weighted by atomic mass is 10.00. The SMILES string of the molecule is Cc1noc2nc(-c3ccccc3C(F)(F)F)cc(C(=O)N3CCN(Cc4ccncc4)CC3)c12. The fraction of sp³-hybridized carbons (Fsp3) is 0.280. The van der Waals surface area contributed by atoms with E-state index in [-0.39, 0.29) is 28.4 Å². The van der Waals surface area contributed by atoms with Gasteiger partial charge in [0.1, 0.15) is 0 Å². The van der Waals surface area contributed by atoms with Crippen LogP contribution in [0.1, 0.15) is 27.2 Å². The number of aromatic nitrogens is 3. The maximum absolute atomic E-state index is 13.6. The van der Waals surface area contributed by atoms with Gasteiger partial charge in [-0.2, -0.15) is 13.2 Å². The monoisotopic (exact) mass is 481 g/mol. The van der Waals surface area contributed by atoms with Gasteiger partial charge in [-0.15, -0.1) is 0 Å². The third kappa shape index (κ3) is 4.61. The van der Waals surface area contributed by atoms with Crippen LogP contribution in [0.4, 0.5) is 13.2 Å². The van der Waals surface area contributed by atoms with E-state index in [0.717, 1.165) is 18.2 Å². The van der Waals surface area contributed by atoms with Gasteiger partial charge in [0, 0.05) is 50.7 Å². The second-order valence-corrected chi connectivity index (χ2v) is 8.47. The largest absolute Gasteiger partial charge is 0.417 e. The van der Waals surface area contributed by atoms with Crippen molar-refractivity contribution in [3.05, 3.63) is 77.2 Å². The molecule has 35 heavy (non-hydrogen) atoms. The molecule has 1 aliphatic rings. The lowest BCUT2D eigenvalue weighted by Gasteiger charge is -2.35. The van der Waals surface area contributed by atoms with Gasteiger partial charge in [0.25, 0.3) is 11.6 Å². The van der Waals surface area contributed by atoms with Crippen molar-refractivity contribution >= 4 is 17.0 Å². The molecule has 0 N–H and O–H groups in total. The topological polar surface area (TPSA) is 75.4 Å². The molecule has 1 fully saturated rings. The first-order valence-electron chi connectivity index (χ1n) is 11.2. The molecule has 4 aromatic rings. The highest BCUT2D eigenvalue weighted by molar-refractivity contribution is 6.07. The molecule has 180 valence electrons. The Kier molecular flexibility index (Phi) is 5.98. The van der Waals surface area contributed by atoms with Crippen LogP contribution in [0.3, 0.4) is 0 Å². The molecule has 0 bridgehead atoms. The van der Waals surface area contributed by atoms with Crippen molar-refractivity contribution in [3.8, 4) is 11.3 Å². The van der Waals surface area contributed by atoms with E-state index in [1.54, 1.807) is 24.2 Å². The molecule has 1 aliphatic heterocycles. The number of alkyl halides is 3. The van der Waals surface area contributed by atoms with Crippen molar-refractivity contribution in [1.29, 1.82) is 0 Å². The van der Waals surface area contributed by atoms with Crippen molar-refractivity contribution in [2.24, 2.45) is 0 Å². The maximum Gasteiger partial charge on any atom is 0.417 e. The molecule has 0 radical (unpaired) electrons. The molecule has 0 atom stereocenters. The van der Waals surface area contributed by atoms with Gasteiger partial charge in [0.15, 0.2) is 0 Å². The summed E-state index contributed by atoms with van der Waals surface area (Å²) in [5.41, 5.74) is 0.950. The molecule has 1 aromatic carbocycles. The molecule has 5 rings (SSSR count). The minimum Gasteiger partial charge on any atom is -0.336 e. The number of fused-ring (bicyclic) bond motifs is 1. The molecular weight excluding hydrogens is 459 g/mol. The molecule has 0 spiro atoms. The zero-order chi connectivity index (χ0) is 24.6. The van der Waals surface area contributed by atoms with Gasteiger partial charge >= 0.3 is 6.18 Å². The summed E-state index contributed by atoms with van der Waals surface area (Å²) in [6.45, 7) is 4.77. The number of hydrogen-bond donors (Lipinski definition) is 0. The Bertz CT molecular complexity index is 1360. The molecule has 0 saturated carbocycles. The molecular formula is C25H22F3N5O2. The zero-order valence-corrected chi connectivity index (χ0v) is 18.9. The van der Waals surface area contributed by atoms with E-state index in [4.69, 9.17) is 4.52 Å². The normalized spacial score (nSPS) is 15.0. The molecule has 0 unspecified atom stereocenters. The minimum absolute atomic E-state index is 0.0150. The Balaban J connectivity index is 1.45. The minimum atomic E-state index is -4.57. The first kappa shape index (κ1) is 23.0. The van der Waals surface area contributed by atoms with E-state index in [2.05, 4.69) is 20.0 Å². The molecule has 1 saturated heterocycles. The van der Waals surface area contributed by atoms with Crippen molar-refractivity contribution < 1.29 is 22.5 Å². The van der Waals surface area contributed by atoms with Crippen LogP contribution < -0.4 is 0 Å². The van der Waals surface area contributed by atoms with Gasteiger partial charge in [-0.25, -0.2) is 4.98 Å². The number of carbonyl (C=O) groups is 1. The number of hydrogen-bond acceptors (Lipinski definition) is 6. The first-order valence-corrected chi connectivity index (χ1v) is 11.2. The molecule has 3 aromatic heterocycles. The summed E-state index contributed by atoms with van der Waals surface area (Å²) in [5.74, 6) is -0.280. The van der Waals surface area contributed by atoms with Crippen molar-refractivity contribution in [1.82, 2.24) is 24.9 Å². The van der Waals surface area contributed by atoms with Gasteiger partial charge < -0.3 is 9.42 Å². The van der Waals surface area contributed by atoms with Gasteiger partial charge in [0.05, 0.1) is 27.9 Å². The van der Waals surface area contributed by atoms with Crippen molar-refractivity contribution in [2.45, 2.75) is 19.6 Å². The Morgan fingerprint density at radius 1 is 1.06 bits per heavy atom. The van der Waals surface area contributed by atoms with Crippen LogP contribution >= 0.6 is 0 Å². The van der Waals surface area contributed by atoms with Gasteiger partial charge in [-0.05, 0) is 36.8 Å². The maximum atomic E-state index is 13.6. The lowest BCUT2D eigenvalue weighted by molar-refractivity contribution is -0.137. The Hall–Kier alpha value is -3.79. The van der Waals surface area contributed by atoms with E-state index in [9.17, 15) is 18.0 Å². The van der Waals surface area contributed by atoms with E-state index in [1.165, 1.54) is 24.3 Å². The van der Waals surface area contributed by atoms with E-state index in [0.29, 0.717) is 37.3 Å². The second-order valence-electron chi connectivity index (χ2n) is 8.47. The molecule has 4 heterocycles. The number of pyridine rings is 2. The van der Waals surface area contributed by atoms with Crippen LogP contribution in [0.5, 0.6) is 0 Å². The number of nitrogens with zero attached hydrogens (tertiary/aromatic N) is 5. The van der Waals surface area contributed by atoms with Crippen molar-refractivity contribution in [2.75, 3.05) is 26.2 Å². The van der Waals surface area contributed by atoms with E-state index < -0.39 is 11.7 Å². The standard InChI is InChI=1S/C25H22F3N5O2/c1-16-22-19(24(34)33-12-10-32(11-13-33)15-17-6-8-29-9-7-17)14-21(30-23(22)35-31-16)18-4-2-3-5-20(18)25(26,27)28/h2-9,14H,10-13,15H2,1H3. The van der Waals surface area contributed by atoms with Crippen LogP contribution in [0.2, 0.25) is 0 Å². The van der Waals surface area contributed by atoms with Gasteiger partial charge in [0.2, 0.25) is 0 Å². The number of carbonyl (C=O) groups excluding carboxylic acids is 1. The van der Waals surface area contributed by atoms with Gasteiger partial charge in [-0.1, -0.05) is 23.4 Å². The molecule has 7 nitrogen and oxygen atoms in total. The summed E-state index contributed by atoms with van der Waals surface area (Å²) in [7, 11) is 0. The summed E-state index contributed by atoms with van der Waals surface area (Å²) in [4.78, 5) is 25.8. The summed E-state index contributed by atoms with van der Waals surface area (Å²) in [5, 5.41) is 4.32. The summed E-state index contributed by atoms with van der Waals surface area (Å²) >= 11 is 0. The van der Waals surface area contributed by atoms with Gasteiger partial charge in [-0.3, -0.25) is 14.7 Å². The highest BCUT2D eigenvalue weighted by Gasteiger charge is 2.34. The highest BCUT2D eigenvalue weighted by atomic mass is 19.4. The number of aryl methyl sites for hydroxylation is 1. The fourth-order valence-electron chi connectivity index (χ4n) is 4.38. The number of rotatable bonds is 4. The zero-order valence-electron chi connectivity index (χ0n) is 18.9. The Labute approximate surface area is 199 Å². The van der Waals surface area contributed by atoms with Crippen LogP contribution in [0.15, 0.2) is 59.4 Å². The van der Waals surface area contributed by atoms with E-state index in [1.807, 2.05) is 12.1 Å². The Morgan fingerprint density at radius 3 is 2.49 bits per heavy atom. The molecule has 10 heteroatoms. The van der Waals surface area contributed by atoms with Crippen LogP contribution in [0, 0.1) is 6.92 Å². The van der Waals surface area contributed by atoms with Crippen LogP contribution in [0.25, 0.3) is 22.4 Å². The van der Waals surface area contributed by atoms with E-state index >= 15 is 0 Å². The number of benzene rings is 1. The second kappa shape index (κ2) is 9.10. The smallest absolute Gasteiger partial charge is 0.336 e. The third-order valence-electron chi connectivity index (χ3n) is 6.17. The number of amides is 1. The summed E-state index contributed by atoms with van der Waals surface area (Å²) < 4.78 is 46.2. The highest BCUT2D eigenvalue weighted by Crippen LogP contribution is 2.37. The van der Waals surface area contributed by atoms with Crippen LogP contribution in [-0.2, 0) is 12.7 Å². The predicted molar refractivity (Wildman–Crippen MR) is 122 cm³/mol. The Morgan fingerprint density at radius 2 is 1.77 bits per heavy atom. The summed E-state index contributed by atoms with van der Waals surface area (Å²) in [6.07, 6.45) is -1.07. The quantitative estimate of drug-likeness (QED) is 0.425. The number of halogens is 3. The lowest BCUT2D eigenvalue weighted by Crippen LogP contribution is -2.48. The van der Waals surface area contributed by atoms with Crippen molar-refractivity contribution in [3.63, 3.8) is 0 Å². The first-order chi connectivity index (χ1) is 16.8. The number of piperazine rings is 1. The average Bonchev–Trinajstić information content (AvgIpc) is 3.24.